The maximum atomic E-state index is 12.4. The second-order valence-corrected chi connectivity index (χ2v) is 5.88. The Morgan fingerprint density at radius 2 is 2.05 bits per heavy atom. The van der Waals surface area contributed by atoms with Gasteiger partial charge in [-0.25, -0.2) is 0 Å². The van der Waals surface area contributed by atoms with Gasteiger partial charge in [0, 0.05) is 23.1 Å². The molecule has 2 aromatic rings. The number of hydrogen-bond donors (Lipinski definition) is 2. The Balaban J connectivity index is 1.74. The van der Waals surface area contributed by atoms with E-state index < -0.39 is 0 Å². The van der Waals surface area contributed by atoms with Crippen molar-refractivity contribution in [3.05, 3.63) is 53.6 Å². The second kappa shape index (κ2) is 5.72. The van der Waals surface area contributed by atoms with Gasteiger partial charge in [0.15, 0.2) is 0 Å². The summed E-state index contributed by atoms with van der Waals surface area (Å²) in [6.07, 6.45) is 0.987. The fraction of sp³-hybridized carbons (Fsp3) is 0.278. The van der Waals surface area contributed by atoms with Crippen LogP contribution in [0.1, 0.15) is 18.1 Å². The highest BCUT2D eigenvalue weighted by atomic mass is 16.2. The Hall–Kier alpha value is -2.49. The molecule has 0 saturated carbocycles. The predicted octanol–water partition coefficient (Wildman–Crippen LogP) is 2.97. The Bertz CT molecular complexity index is 711. The Morgan fingerprint density at radius 1 is 1.27 bits per heavy atom. The first-order valence-corrected chi connectivity index (χ1v) is 7.55. The molecule has 0 spiro atoms. The molecule has 0 saturated heterocycles. The number of nitrogen functional groups attached to an aromatic ring is 1. The van der Waals surface area contributed by atoms with Crippen LogP contribution in [0.15, 0.2) is 42.5 Å². The zero-order valence-electron chi connectivity index (χ0n) is 13.0. The molecule has 0 aromatic heterocycles. The van der Waals surface area contributed by atoms with E-state index in [-0.39, 0.29) is 5.91 Å². The van der Waals surface area contributed by atoms with Crippen LogP contribution in [0.4, 0.5) is 17.1 Å². The number of carbonyl (C=O) groups is 1. The van der Waals surface area contributed by atoms with Gasteiger partial charge in [-0.2, -0.15) is 0 Å². The molecule has 0 aliphatic carbocycles. The van der Waals surface area contributed by atoms with Gasteiger partial charge in [-0.1, -0.05) is 24.3 Å². The van der Waals surface area contributed by atoms with Crippen molar-refractivity contribution in [1.29, 1.82) is 0 Å². The number of para-hydroxylation sites is 1. The summed E-state index contributed by atoms with van der Waals surface area (Å²) in [4.78, 5) is 14.6. The lowest BCUT2D eigenvalue weighted by molar-refractivity contribution is -0.115. The van der Waals surface area contributed by atoms with Crippen molar-refractivity contribution in [2.24, 2.45) is 0 Å². The summed E-state index contributed by atoms with van der Waals surface area (Å²) in [6.45, 7) is 4.42. The number of amides is 1. The first-order chi connectivity index (χ1) is 10.6. The van der Waals surface area contributed by atoms with Crippen molar-refractivity contribution in [3.63, 3.8) is 0 Å². The van der Waals surface area contributed by atoms with Crippen molar-refractivity contribution in [1.82, 2.24) is 0 Å². The minimum Gasteiger partial charge on any atom is -0.398 e. The van der Waals surface area contributed by atoms with E-state index in [1.807, 2.05) is 37.3 Å². The lowest BCUT2D eigenvalue weighted by Crippen LogP contribution is -2.37. The summed E-state index contributed by atoms with van der Waals surface area (Å²) in [5.74, 6) is -0.0164. The van der Waals surface area contributed by atoms with E-state index in [0.717, 1.165) is 23.4 Å². The van der Waals surface area contributed by atoms with Crippen LogP contribution in [-0.4, -0.2) is 18.5 Å². The average Bonchev–Trinajstić information content (AvgIpc) is 2.80. The maximum absolute atomic E-state index is 12.4. The molecule has 0 bridgehead atoms. The van der Waals surface area contributed by atoms with E-state index in [9.17, 15) is 4.79 Å². The van der Waals surface area contributed by atoms with Gasteiger partial charge in [-0.05, 0) is 49.6 Å². The third-order valence-electron chi connectivity index (χ3n) is 4.31. The summed E-state index contributed by atoms with van der Waals surface area (Å²) in [5, 5.41) is 2.97. The van der Waals surface area contributed by atoms with Crippen LogP contribution in [0.3, 0.4) is 0 Å². The summed E-state index contributed by atoms with van der Waals surface area (Å²) in [7, 11) is 0. The molecule has 114 valence electrons. The second-order valence-electron chi connectivity index (χ2n) is 5.88. The minimum atomic E-state index is -0.0164. The number of nitrogens with two attached hydrogens (primary N) is 1. The predicted molar refractivity (Wildman–Crippen MR) is 91.2 cm³/mol. The molecular formula is C18H21N3O. The Morgan fingerprint density at radius 3 is 2.86 bits per heavy atom. The van der Waals surface area contributed by atoms with E-state index in [2.05, 4.69) is 29.3 Å². The quantitative estimate of drug-likeness (QED) is 0.856. The highest BCUT2D eigenvalue weighted by Crippen LogP contribution is 2.31. The molecule has 3 rings (SSSR count). The molecule has 3 N–H and O–H groups in total. The minimum absolute atomic E-state index is 0.0164. The van der Waals surface area contributed by atoms with Crippen LogP contribution in [0.2, 0.25) is 0 Å². The Kier molecular flexibility index (Phi) is 3.75. The van der Waals surface area contributed by atoms with Crippen LogP contribution in [0.25, 0.3) is 0 Å². The standard InChI is InChI=1S/C18H21N3O/c1-12-10-14-6-3-4-9-17(14)21(12)11-18(22)20-16-8-5-7-15(19)13(16)2/h3-9,12H,10-11,19H2,1-2H3,(H,20,22). The van der Waals surface area contributed by atoms with E-state index in [0.29, 0.717) is 18.3 Å². The van der Waals surface area contributed by atoms with E-state index in [1.54, 1.807) is 0 Å². The zero-order chi connectivity index (χ0) is 15.7. The summed E-state index contributed by atoms with van der Waals surface area (Å²) < 4.78 is 0. The first kappa shape index (κ1) is 14.4. The summed E-state index contributed by atoms with van der Waals surface area (Å²) in [5.41, 5.74) is 10.7. The van der Waals surface area contributed by atoms with Crippen LogP contribution >= 0.6 is 0 Å². The molecule has 4 nitrogen and oxygen atoms in total. The molecule has 1 heterocycles. The van der Waals surface area contributed by atoms with Gasteiger partial charge in [0.1, 0.15) is 0 Å². The number of rotatable bonds is 3. The SMILES string of the molecule is Cc1c(N)cccc1NC(=O)CN1c2ccccc2CC1C. The largest absolute Gasteiger partial charge is 0.398 e. The topological polar surface area (TPSA) is 58.4 Å². The third kappa shape index (κ3) is 2.64. The lowest BCUT2D eigenvalue weighted by Gasteiger charge is -2.24. The molecule has 1 aliphatic rings. The monoisotopic (exact) mass is 295 g/mol. The van der Waals surface area contributed by atoms with Gasteiger partial charge >= 0.3 is 0 Å². The van der Waals surface area contributed by atoms with Gasteiger partial charge in [-0.3, -0.25) is 4.79 Å². The maximum Gasteiger partial charge on any atom is 0.243 e. The highest BCUT2D eigenvalue weighted by molar-refractivity contribution is 5.95. The van der Waals surface area contributed by atoms with Crippen LogP contribution in [0, 0.1) is 6.92 Å². The van der Waals surface area contributed by atoms with Gasteiger partial charge in [-0.15, -0.1) is 0 Å². The van der Waals surface area contributed by atoms with Gasteiger partial charge in [0.2, 0.25) is 5.91 Å². The van der Waals surface area contributed by atoms with Crippen molar-refractivity contribution < 1.29 is 4.79 Å². The lowest BCUT2D eigenvalue weighted by atomic mass is 10.1. The fourth-order valence-electron chi connectivity index (χ4n) is 3.00. The average molecular weight is 295 g/mol. The summed E-state index contributed by atoms with van der Waals surface area (Å²) >= 11 is 0. The van der Waals surface area contributed by atoms with Crippen LogP contribution in [-0.2, 0) is 11.2 Å². The molecule has 1 unspecified atom stereocenters. The van der Waals surface area contributed by atoms with E-state index in [4.69, 9.17) is 5.73 Å². The van der Waals surface area contributed by atoms with E-state index >= 15 is 0 Å². The molecular weight excluding hydrogens is 274 g/mol. The highest BCUT2D eigenvalue weighted by Gasteiger charge is 2.27. The van der Waals surface area contributed by atoms with Gasteiger partial charge in [0.25, 0.3) is 0 Å². The first-order valence-electron chi connectivity index (χ1n) is 7.55. The molecule has 1 aliphatic heterocycles. The van der Waals surface area contributed by atoms with Crippen LogP contribution in [0.5, 0.6) is 0 Å². The summed E-state index contributed by atoms with van der Waals surface area (Å²) in [6, 6.07) is 14.2. The third-order valence-corrected chi connectivity index (χ3v) is 4.31. The molecule has 22 heavy (non-hydrogen) atoms. The number of benzene rings is 2. The van der Waals surface area contributed by atoms with Gasteiger partial charge < -0.3 is 16.0 Å². The van der Waals surface area contributed by atoms with Crippen molar-refractivity contribution in [2.45, 2.75) is 26.3 Å². The molecule has 0 fully saturated rings. The normalized spacial score (nSPS) is 16.5. The zero-order valence-corrected chi connectivity index (χ0v) is 13.0. The fourth-order valence-corrected chi connectivity index (χ4v) is 3.00. The van der Waals surface area contributed by atoms with Crippen LogP contribution < -0.4 is 16.0 Å². The molecule has 1 atom stereocenters. The smallest absolute Gasteiger partial charge is 0.243 e. The molecule has 2 aromatic carbocycles. The molecule has 0 radical (unpaired) electrons. The number of hydrogen-bond acceptors (Lipinski definition) is 3. The van der Waals surface area contributed by atoms with E-state index in [1.165, 1.54) is 5.56 Å². The Labute approximate surface area is 130 Å². The number of nitrogens with one attached hydrogen (secondary N) is 1. The molecule has 4 heteroatoms. The van der Waals surface area contributed by atoms with Gasteiger partial charge in [0.05, 0.1) is 6.54 Å². The molecule has 1 amide bonds. The number of nitrogens with zero attached hydrogens (tertiary/aromatic N) is 1. The van der Waals surface area contributed by atoms with Crippen molar-refractivity contribution in [2.75, 3.05) is 22.5 Å². The van der Waals surface area contributed by atoms with Crippen molar-refractivity contribution >= 4 is 23.0 Å². The number of carbonyl (C=O) groups excluding carboxylic acids is 1. The number of fused-ring (bicyclic) bond motifs is 1. The van der Waals surface area contributed by atoms with Crippen molar-refractivity contribution in [3.8, 4) is 0 Å². The number of anilines is 3.